The number of methoxy groups -OCH3 is 1. The van der Waals surface area contributed by atoms with E-state index in [1.807, 2.05) is 13.8 Å². The SMILES string of the molecule is COCCOc1cnc(C2=NC(C)(C(C)C)C(=O)N2)c(C(=O)O)c1. The summed E-state index contributed by atoms with van der Waals surface area (Å²) in [4.78, 5) is 32.3. The molecule has 8 heteroatoms. The molecule has 0 saturated heterocycles. The van der Waals surface area contributed by atoms with Crippen LogP contribution in [0.3, 0.4) is 0 Å². The van der Waals surface area contributed by atoms with E-state index in [9.17, 15) is 14.7 Å². The van der Waals surface area contributed by atoms with E-state index in [2.05, 4.69) is 15.3 Å². The van der Waals surface area contributed by atoms with Gasteiger partial charge in [0.2, 0.25) is 0 Å². The summed E-state index contributed by atoms with van der Waals surface area (Å²) in [6.07, 6.45) is 1.40. The van der Waals surface area contributed by atoms with E-state index in [-0.39, 0.29) is 35.5 Å². The average Bonchev–Trinajstić information content (AvgIpc) is 2.84. The van der Waals surface area contributed by atoms with Gasteiger partial charge in [-0.25, -0.2) is 14.8 Å². The van der Waals surface area contributed by atoms with Crippen LogP contribution in [0.25, 0.3) is 0 Å². The maximum atomic E-state index is 12.2. The van der Waals surface area contributed by atoms with Crippen LogP contribution < -0.4 is 10.1 Å². The second kappa shape index (κ2) is 6.96. The van der Waals surface area contributed by atoms with Crippen molar-refractivity contribution in [3.05, 3.63) is 23.5 Å². The number of aromatic nitrogens is 1. The number of ether oxygens (including phenoxy) is 2. The van der Waals surface area contributed by atoms with Crippen molar-refractivity contribution in [1.29, 1.82) is 0 Å². The first-order valence-corrected chi connectivity index (χ1v) is 7.56. The van der Waals surface area contributed by atoms with Crippen LogP contribution in [0.15, 0.2) is 17.3 Å². The Morgan fingerprint density at radius 2 is 2.12 bits per heavy atom. The first-order chi connectivity index (χ1) is 11.3. The van der Waals surface area contributed by atoms with E-state index in [0.717, 1.165) is 0 Å². The summed E-state index contributed by atoms with van der Waals surface area (Å²) in [6.45, 7) is 6.12. The quantitative estimate of drug-likeness (QED) is 0.722. The van der Waals surface area contributed by atoms with Gasteiger partial charge in [0.1, 0.15) is 23.6 Å². The lowest BCUT2D eigenvalue weighted by Crippen LogP contribution is -2.41. The normalized spacial score (nSPS) is 20.0. The number of hydrogen-bond acceptors (Lipinski definition) is 6. The molecule has 8 nitrogen and oxygen atoms in total. The number of aromatic carboxylic acids is 1. The van der Waals surface area contributed by atoms with Crippen molar-refractivity contribution in [2.24, 2.45) is 10.9 Å². The second-order valence-electron chi connectivity index (χ2n) is 5.93. The molecule has 1 aromatic heterocycles. The van der Waals surface area contributed by atoms with Crippen LogP contribution in [0.5, 0.6) is 5.75 Å². The summed E-state index contributed by atoms with van der Waals surface area (Å²) >= 11 is 0. The Morgan fingerprint density at radius 3 is 2.67 bits per heavy atom. The molecule has 1 aliphatic rings. The van der Waals surface area contributed by atoms with Crippen molar-refractivity contribution in [2.45, 2.75) is 26.3 Å². The predicted octanol–water partition coefficient (Wildman–Crippen LogP) is 1.10. The Labute approximate surface area is 139 Å². The monoisotopic (exact) mass is 335 g/mol. The minimum absolute atomic E-state index is 0.0417. The molecule has 0 aliphatic carbocycles. The van der Waals surface area contributed by atoms with Crippen LogP contribution in [-0.4, -0.2) is 53.7 Å². The lowest BCUT2D eigenvalue weighted by molar-refractivity contribution is -0.124. The fraction of sp³-hybridized carbons (Fsp3) is 0.500. The van der Waals surface area contributed by atoms with Crippen LogP contribution in [-0.2, 0) is 9.53 Å². The molecule has 0 fully saturated rings. The van der Waals surface area contributed by atoms with Crippen molar-refractivity contribution in [2.75, 3.05) is 20.3 Å². The van der Waals surface area contributed by atoms with Crippen molar-refractivity contribution in [1.82, 2.24) is 10.3 Å². The molecule has 130 valence electrons. The molecular formula is C16H21N3O5. The molecule has 0 saturated carbocycles. The number of hydrogen-bond donors (Lipinski definition) is 2. The zero-order chi connectivity index (χ0) is 17.9. The Bertz CT molecular complexity index is 686. The van der Waals surface area contributed by atoms with Crippen LogP contribution in [0.4, 0.5) is 0 Å². The number of rotatable bonds is 7. The van der Waals surface area contributed by atoms with Gasteiger partial charge < -0.3 is 19.9 Å². The molecule has 1 unspecified atom stereocenters. The molecule has 24 heavy (non-hydrogen) atoms. The first-order valence-electron chi connectivity index (χ1n) is 7.56. The zero-order valence-electron chi connectivity index (χ0n) is 14.1. The van der Waals surface area contributed by atoms with Gasteiger partial charge in [-0.15, -0.1) is 0 Å². The number of carbonyl (C=O) groups is 2. The van der Waals surface area contributed by atoms with Gasteiger partial charge >= 0.3 is 5.97 Å². The summed E-state index contributed by atoms with van der Waals surface area (Å²) < 4.78 is 10.3. The summed E-state index contributed by atoms with van der Waals surface area (Å²) in [6, 6.07) is 1.36. The van der Waals surface area contributed by atoms with Crippen molar-refractivity contribution >= 4 is 17.7 Å². The van der Waals surface area contributed by atoms with E-state index >= 15 is 0 Å². The van der Waals surface area contributed by atoms with E-state index in [1.165, 1.54) is 12.3 Å². The Kier molecular flexibility index (Phi) is 5.18. The Balaban J connectivity index is 2.37. The maximum absolute atomic E-state index is 12.2. The lowest BCUT2D eigenvalue weighted by Gasteiger charge is -2.21. The Hall–Kier alpha value is -2.48. The molecule has 1 aromatic rings. The van der Waals surface area contributed by atoms with E-state index in [4.69, 9.17) is 9.47 Å². The third-order valence-electron chi connectivity index (χ3n) is 4.03. The number of carbonyl (C=O) groups excluding carboxylic acids is 1. The lowest BCUT2D eigenvalue weighted by atomic mass is 9.89. The van der Waals surface area contributed by atoms with Crippen LogP contribution in [0.2, 0.25) is 0 Å². The fourth-order valence-corrected chi connectivity index (χ4v) is 2.17. The second-order valence-corrected chi connectivity index (χ2v) is 5.93. The third-order valence-corrected chi connectivity index (χ3v) is 4.03. The van der Waals surface area contributed by atoms with Gasteiger partial charge in [-0.3, -0.25) is 4.79 Å². The number of amides is 1. The third kappa shape index (κ3) is 3.38. The summed E-state index contributed by atoms with van der Waals surface area (Å²) in [7, 11) is 1.54. The number of aliphatic imine (C=N–C) groups is 1. The fourth-order valence-electron chi connectivity index (χ4n) is 2.17. The molecule has 2 N–H and O–H groups in total. The molecule has 1 amide bonds. The molecule has 0 bridgehead atoms. The highest BCUT2D eigenvalue weighted by atomic mass is 16.5. The summed E-state index contributed by atoms with van der Waals surface area (Å²) in [5.74, 6) is -1.02. The number of amidine groups is 1. The van der Waals surface area contributed by atoms with Gasteiger partial charge in [0.25, 0.3) is 5.91 Å². The molecule has 0 aromatic carbocycles. The summed E-state index contributed by atoms with van der Waals surface area (Å²) in [5.41, 5.74) is -0.920. The maximum Gasteiger partial charge on any atom is 0.338 e. The minimum atomic E-state index is -1.18. The average molecular weight is 335 g/mol. The minimum Gasteiger partial charge on any atom is -0.490 e. The topological polar surface area (TPSA) is 110 Å². The number of nitrogens with zero attached hydrogens (tertiary/aromatic N) is 2. The Morgan fingerprint density at radius 1 is 1.42 bits per heavy atom. The number of pyridine rings is 1. The van der Waals surface area contributed by atoms with Crippen LogP contribution >= 0.6 is 0 Å². The van der Waals surface area contributed by atoms with Crippen molar-refractivity contribution in [3.63, 3.8) is 0 Å². The van der Waals surface area contributed by atoms with Crippen molar-refractivity contribution < 1.29 is 24.2 Å². The molecule has 0 radical (unpaired) electrons. The van der Waals surface area contributed by atoms with Gasteiger partial charge in [-0.05, 0) is 18.9 Å². The van der Waals surface area contributed by atoms with E-state index in [0.29, 0.717) is 12.4 Å². The molecule has 1 atom stereocenters. The van der Waals surface area contributed by atoms with Crippen molar-refractivity contribution in [3.8, 4) is 5.75 Å². The standard InChI is InChI=1S/C16H21N3O5/c1-9(2)16(3)15(22)18-13(19-16)12-11(14(20)21)7-10(8-17-12)24-6-5-23-4/h7-9H,5-6H2,1-4H3,(H,20,21)(H,18,19,22). The highest BCUT2D eigenvalue weighted by Gasteiger charge is 2.43. The number of nitrogens with one attached hydrogen (secondary N) is 1. The van der Waals surface area contributed by atoms with Gasteiger partial charge in [0.05, 0.1) is 18.4 Å². The highest BCUT2D eigenvalue weighted by molar-refractivity contribution is 6.17. The highest BCUT2D eigenvalue weighted by Crippen LogP contribution is 2.27. The van der Waals surface area contributed by atoms with Crippen LogP contribution in [0, 0.1) is 5.92 Å². The van der Waals surface area contributed by atoms with Crippen LogP contribution in [0.1, 0.15) is 36.8 Å². The summed E-state index contributed by atoms with van der Waals surface area (Å²) in [5, 5.41) is 12.1. The number of carboxylic acid groups (broad SMARTS) is 1. The van der Waals surface area contributed by atoms with E-state index in [1.54, 1.807) is 14.0 Å². The van der Waals surface area contributed by atoms with Gasteiger partial charge in [0, 0.05) is 7.11 Å². The first kappa shape index (κ1) is 17.9. The largest absolute Gasteiger partial charge is 0.490 e. The molecule has 2 heterocycles. The molecule has 1 aliphatic heterocycles. The van der Waals surface area contributed by atoms with Gasteiger partial charge in [0.15, 0.2) is 5.84 Å². The zero-order valence-corrected chi connectivity index (χ0v) is 14.1. The molecular weight excluding hydrogens is 314 g/mol. The van der Waals surface area contributed by atoms with E-state index < -0.39 is 11.5 Å². The smallest absolute Gasteiger partial charge is 0.338 e. The predicted molar refractivity (Wildman–Crippen MR) is 86.5 cm³/mol. The molecule has 0 spiro atoms. The van der Waals surface area contributed by atoms with Gasteiger partial charge in [-0.2, -0.15) is 0 Å². The number of carboxylic acids is 1. The van der Waals surface area contributed by atoms with Gasteiger partial charge in [-0.1, -0.05) is 13.8 Å². The molecule has 2 rings (SSSR count).